The van der Waals surface area contributed by atoms with Crippen LogP contribution >= 0.6 is 0 Å². The van der Waals surface area contributed by atoms with Gasteiger partial charge in [-0.25, -0.2) is 0 Å². The van der Waals surface area contributed by atoms with E-state index < -0.39 is 18.0 Å². The van der Waals surface area contributed by atoms with Crippen molar-refractivity contribution < 1.29 is 15.0 Å². The first-order valence-electron chi connectivity index (χ1n) is 8.76. The number of hydrogen-bond acceptors (Lipinski definition) is 3. The summed E-state index contributed by atoms with van der Waals surface area (Å²) in [6.07, 6.45) is 6.88. The molecule has 1 saturated carbocycles. The highest BCUT2D eigenvalue weighted by Crippen LogP contribution is 2.28. The van der Waals surface area contributed by atoms with E-state index in [1.54, 1.807) is 0 Å². The lowest BCUT2D eigenvalue weighted by molar-refractivity contribution is -0.143. The van der Waals surface area contributed by atoms with Crippen LogP contribution in [0.4, 0.5) is 0 Å². The van der Waals surface area contributed by atoms with Crippen LogP contribution in [-0.4, -0.2) is 28.3 Å². The van der Waals surface area contributed by atoms with Gasteiger partial charge in [0.15, 0.2) is 0 Å². The van der Waals surface area contributed by atoms with E-state index in [0.29, 0.717) is 12.3 Å². The smallest absolute Gasteiger partial charge is 0.306 e. The van der Waals surface area contributed by atoms with Crippen molar-refractivity contribution in [3.8, 4) is 0 Å². The Hall–Kier alpha value is -1.39. The second kappa shape index (κ2) is 9.04. The molecule has 1 aromatic carbocycles. The minimum Gasteiger partial charge on any atom is -0.481 e. The molecule has 1 aromatic rings. The lowest BCUT2D eigenvalue weighted by atomic mass is 9.82. The minimum absolute atomic E-state index is 0.220. The number of benzene rings is 1. The third kappa shape index (κ3) is 5.96. The van der Waals surface area contributed by atoms with Crippen molar-refractivity contribution in [3.63, 3.8) is 0 Å². The SMILES string of the molecule is N[C@@H](CC1CCCCC1)[C@@H](O)C[C@@H](Cc1ccccc1)C(=O)O. The largest absolute Gasteiger partial charge is 0.481 e. The zero-order valence-electron chi connectivity index (χ0n) is 13.7. The Balaban J connectivity index is 1.86. The second-order valence-electron chi connectivity index (χ2n) is 6.93. The Morgan fingerprint density at radius 1 is 1.17 bits per heavy atom. The first kappa shape index (κ1) is 18.0. The van der Waals surface area contributed by atoms with Gasteiger partial charge in [0.25, 0.3) is 0 Å². The topological polar surface area (TPSA) is 83.5 Å². The van der Waals surface area contributed by atoms with Gasteiger partial charge in [-0.2, -0.15) is 0 Å². The molecule has 0 aromatic heterocycles. The van der Waals surface area contributed by atoms with E-state index in [-0.39, 0.29) is 12.5 Å². The highest BCUT2D eigenvalue weighted by Gasteiger charge is 2.27. The summed E-state index contributed by atoms with van der Waals surface area (Å²) >= 11 is 0. The van der Waals surface area contributed by atoms with Gasteiger partial charge in [0.2, 0.25) is 0 Å². The van der Waals surface area contributed by atoms with Crippen LogP contribution in [0.15, 0.2) is 30.3 Å². The number of aliphatic hydroxyl groups is 1. The van der Waals surface area contributed by atoms with Crippen LogP contribution in [0.5, 0.6) is 0 Å². The van der Waals surface area contributed by atoms with E-state index in [1.165, 1.54) is 32.1 Å². The van der Waals surface area contributed by atoms with E-state index in [2.05, 4.69) is 0 Å². The molecule has 0 heterocycles. The average molecular weight is 319 g/mol. The quantitative estimate of drug-likeness (QED) is 0.688. The summed E-state index contributed by atoms with van der Waals surface area (Å²) in [5, 5.41) is 19.8. The molecule has 2 rings (SSSR count). The summed E-state index contributed by atoms with van der Waals surface area (Å²) in [6, 6.07) is 9.23. The number of carbonyl (C=O) groups is 1. The van der Waals surface area contributed by atoms with Crippen molar-refractivity contribution in [2.45, 2.75) is 63.5 Å². The molecule has 128 valence electrons. The molecule has 3 atom stereocenters. The van der Waals surface area contributed by atoms with Gasteiger partial charge in [-0.15, -0.1) is 0 Å². The van der Waals surface area contributed by atoms with E-state index in [9.17, 15) is 15.0 Å². The van der Waals surface area contributed by atoms with Crippen molar-refractivity contribution in [3.05, 3.63) is 35.9 Å². The molecule has 0 saturated heterocycles. The van der Waals surface area contributed by atoms with Gasteiger partial charge in [0.1, 0.15) is 0 Å². The molecule has 0 amide bonds. The van der Waals surface area contributed by atoms with Crippen molar-refractivity contribution >= 4 is 5.97 Å². The second-order valence-corrected chi connectivity index (χ2v) is 6.93. The summed E-state index contributed by atoms with van der Waals surface area (Å²) in [4.78, 5) is 11.5. The summed E-state index contributed by atoms with van der Waals surface area (Å²) in [6.45, 7) is 0. The van der Waals surface area contributed by atoms with Crippen molar-refractivity contribution in [1.82, 2.24) is 0 Å². The van der Waals surface area contributed by atoms with Crippen molar-refractivity contribution in [2.24, 2.45) is 17.6 Å². The Morgan fingerprint density at radius 2 is 1.83 bits per heavy atom. The Bertz CT molecular complexity index is 471. The monoisotopic (exact) mass is 319 g/mol. The summed E-state index contributed by atoms with van der Waals surface area (Å²) in [7, 11) is 0. The molecule has 4 heteroatoms. The average Bonchev–Trinajstić information content (AvgIpc) is 2.56. The lowest BCUT2D eigenvalue weighted by Gasteiger charge is -2.28. The molecule has 0 spiro atoms. The van der Waals surface area contributed by atoms with Gasteiger partial charge in [-0.05, 0) is 30.7 Å². The first-order valence-corrected chi connectivity index (χ1v) is 8.76. The number of hydrogen-bond donors (Lipinski definition) is 3. The molecule has 4 N–H and O–H groups in total. The van der Waals surface area contributed by atoms with Crippen LogP contribution in [0.2, 0.25) is 0 Å². The number of aliphatic hydroxyl groups excluding tert-OH is 1. The molecule has 0 aliphatic heterocycles. The van der Waals surface area contributed by atoms with Crippen LogP contribution in [0, 0.1) is 11.8 Å². The molecule has 23 heavy (non-hydrogen) atoms. The van der Waals surface area contributed by atoms with E-state index >= 15 is 0 Å². The van der Waals surface area contributed by atoms with E-state index in [4.69, 9.17) is 5.73 Å². The normalized spacial score (nSPS) is 19.9. The van der Waals surface area contributed by atoms with Gasteiger partial charge < -0.3 is 15.9 Å². The van der Waals surface area contributed by atoms with Gasteiger partial charge >= 0.3 is 5.97 Å². The molecular formula is C19H29NO3. The summed E-state index contributed by atoms with van der Waals surface area (Å²) in [5.74, 6) is -0.867. The zero-order valence-corrected chi connectivity index (χ0v) is 13.7. The van der Waals surface area contributed by atoms with Crippen molar-refractivity contribution in [2.75, 3.05) is 0 Å². The highest BCUT2D eigenvalue weighted by molar-refractivity contribution is 5.70. The van der Waals surface area contributed by atoms with E-state index in [1.807, 2.05) is 30.3 Å². The number of nitrogens with two attached hydrogens (primary N) is 1. The predicted molar refractivity (Wildman–Crippen MR) is 91.1 cm³/mol. The van der Waals surface area contributed by atoms with Crippen molar-refractivity contribution in [1.29, 1.82) is 0 Å². The maximum atomic E-state index is 11.5. The standard InChI is InChI=1S/C19H29NO3/c20-17(12-15-9-5-2-6-10-15)18(21)13-16(19(22)23)11-14-7-3-1-4-8-14/h1,3-4,7-8,15-18,21H,2,5-6,9-13,20H2,(H,22,23)/t16-,17+,18+/m1/s1. The van der Waals surface area contributed by atoms with Crippen LogP contribution in [0.1, 0.15) is 50.5 Å². The predicted octanol–water partition coefficient (Wildman–Crippen LogP) is 2.98. The van der Waals surface area contributed by atoms with Crippen LogP contribution in [0.3, 0.4) is 0 Å². The number of aliphatic carboxylic acids is 1. The molecule has 0 radical (unpaired) electrons. The van der Waals surface area contributed by atoms with Crippen LogP contribution < -0.4 is 5.73 Å². The van der Waals surface area contributed by atoms with Gasteiger partial charge in [0, 0.05) is 6.04 Å². The molecule has 0 bridgehead atoms. The Kier molecular flexibility index (Phi) is 7.06. The maximum Gasteiger partial charge on any atom is 0.306 e. The number of carboxylic acid groups (broad SMARTS) is 1. The third-order valence-corrected chi connectivity index (χ3v) is 5.02. The maximum absolute atomic E-state index is 11.5. The minimum atomic E-state index is -0.863. The molecule has 4 nitrogen and oxygen atoms in total. The molecule has 1 aliphatic rings. The molecular weight excluding hydrogens is 290 g/mol. The van der Waals surface area contributed by atoms with Crippen LogP contribution in [0.25, 0.3) is 0 Å². The van der Waals surface area contributed by atoms with Gasteiger partial charge in [0.05, 0.1) is 12.0 Å². The summed E-state index contributed by atoms with van der Waals surface area (Å²) < 4.78 is 0. The Labute approximate surface area is 138 Å². The Morgan fingerprint density at radius 3 is 2.43 bits per heavy atom. The lowest BCUT2D eigenvalue weighted by Crippen LogP contribution is -2.39. The number of rotatable bonds is 8. The first-order chi connectivity index (χ1) is 11.1. The zero-order chi connectivity index (χ0) is 16.7. The van der Waals surface area contributed by atoms with Gasteiger partial charge in [-0.3, -0.25) is 4.79 Å². The third-order valence-electron chi connectivity index (χ3n) is 5.02. The fourth-order valence-corrected chi connectivity index (χ4v) is 3.60. The highest BCUT2D eigenvalue weighted by atomic mass is 16.4. The number of carboxylic acids is 1. The molecule has 1 aliphatic carbocycles. The molecule has 0 unspecified atom stereocenters. The molecule has 1 fully saturated rings. The van der Waals surface area contributed by atoms with E-state index in [0.717, 1.165) is 12.0 Å². The fraction of sp³-hybridized carbons (Fsp3) is 0.632. The van der Waals surface area contributed by atoms with Crippen LogP contribution in [-0.2, 0) is 11.2 Å². The fourth-order valence-electron chi connectivity index (χ4n) is 3.60. The van der Waals surface area contributed by atoms with Gasteiger partial charge in [-0.1, -0.05) is 62.4 Å². The summed E-state index contributed by atoms with van der Waals surface area (Å²) in [5.41, 5.74) is 7.13.